The molecule has 0 N–H and O–H groups in total. The second-order valence-corrected chi connectivity index (χ2v) is 7.68. The summed E-state index contributed by atoms with van der Waals surface area (Å²) in [5.74, 6) is 0.926. The van der Waals surface area contributed by atoms with E-state index in [0.29, 0.717) is 37.2 Å². The zero-order chi connectivity index (χ0) is 16.0. The molecule has 4 nitrogen and oxygen atoms in total. The molecule has 1 fully saturated rings. The molecule has 2 aliphatic rings. The Hall–Kier alpha value is -1.84. The second-order valence-electron chi connectivity index (χ2n) is 7.68. The molecule has 3 rings (SSSR count). The Bertz CT molecular complexity index is 617. The largest absolute Gasteiger partial charge is 0.484 e. The van der Waals surface area contributed by atoms with E-state index >= 15 is 0 Å². The number of benzene rings is 1. The van der Waals surface area contributed by atoms with Gasteiger partial charge in [-0.15, -0.1) is 0 Å². The van der Waals surface area contributed by atoms with Crippen LogP contribution in [-0.4, -0.2) is 35.3 Å². The van der Waals surface area contributed by atoms with E-state index in [1.54, 1.807) is 0 Å². The topological polar surface area (TPSA) is 46.6 Å². The highest BCUT2D eigenvalue weighted by atomic mass is 16.5. The van der Waals surface area contributed by atoms with E-state index in [-0.39, 0.29) is 17.1 Å². The number of Topliss-reactive ketones (excluding diaryl/α,β-unsaturated/α-hetero) is 1. The Kier molecular flexibility index (Phi) is 3.50. The van der Waals surface area contributed by atoms with Crippen LogP contribution in [0.15, 0.2) is 24.3 Å². The van der Waals surface area contributed by atoms with Crippen LogP contribution in [-0.2, 0) is 4.79 Å². The van der Waals surface area contributed by atoms with Crippen LogP contribution in [0.1, 0.15) is 50.4 Å². The molecule has 0 saturated carbocycles. The smallest absolute Gasteiger partial charge is 0.223 e. The molecule has 0 aromatic heterocycles. The zero-order valence-corrected chi connectivity index (χ0v) is 13.5. The monoisotopic (exact) mass is 301 g/mol. The molecule has 1 aromatic rings. The predicted molar refractivity (Wildman–Crippen MR) is 84.0 cm³/mol. The lowest BCUT2D eigenvalue weighted by Crippen LogP contribution is -2.45. The average molecular weight is 301 g/mol. The fourth-order valence-electron chi connectivity index (χ4n) is 3.29. The summed E-state index contributed by atoms with van der Waals surface area (Å²) >= 11 is 0. The molecular formula is C18H23NO3. The SMILES string of the molecule is CC(C)(C)CC(=O)N1CCC2(CC(=O)c3ccccc3O2)C1. The summed E-state index contributed by atoms with van der Waals surface area (Å²) in [5, 5.41) is 0. The van der Waals surface area contributed by atoms with Crippen molar-refractivity contribution in [2.75, 3.05) is 13.1 Å². The van der Waals surface area contributed by atoms with E-state index < -0.39 is 5.60 Å². The maximum absolute atomic E-state index is 12.4. The van der Waals surface area contributed by atoms with Gasteiger partial charge in [-0.25, -0.2) is 0 Å². The first kappa shape index (κ1) is 15.1. The van der Waals surface area contributed by atoms with E-state index in [9.17, 15) is 9.59 Å². The molecule has 0 aliphatic carbocycles. The van der Waals surface area contributed by atoms with Crippen LogP contribution in [0.2, 0.25) is 0 Å². The molecular weight excluding hydrogens is 278 g/mol. The molecule has 118 valence electrons. The maximum atomic E-state index is 12.4. The van der Waals surface area contributed by atoms with Crippen molar-refractivity contribution in [1.29, 1.82) is 0 Å². The number of likely N-dealkylation sites (tertiary alicyclic amines) is 1. The summed E-state index contributed by atoms with van der Waals surface area (Å²) < 4.78 is 6.15. The van der Waals surface area contributed by atoms with Crippen molar-refractivity contribution in [2.24, 2.45) is 5.41 Å². The third-order valence-corrected chi connectivity index (χ3v) is 4.35. The lowest BCUT2D eigenvalue weighted by Gasteiger charge is -2.34. The van der Waals surface area contributed by atoms with Gasteiger partial charge in [0.25, 0.3) is 0 Å². The number of rotatable bonds is 1. The molecule has 1 spiro atoms. The van der Waals surface area contributed by atoms with Crippen molar-refractivity contribution in [3.63, 3.8) is 0 Å². The standard InChI is InChI=1S/C18H23NO3/c1-17(2,3)11-16(21)19-9-8-18(12-19)10-14(20)13-6-4-5-7-15(13)22-18/h4-7H,8-12H2,1-3H3. The number of hydrogen-bond acceptors (Lipinski definition) is 3. The van der Waals surface area contributed by atoms with Crippen LogP contribution in [0, 0.1) is 5.41 Å². The molecule has 4 heteroatoms. The van der Waals surface area contributed by atoms with Gasteiger partial charge in [-0.2, -0.15) is 0 Å². The van der Waals surface area contributed by atoms with Crippen molar-refractivity contribution in [1.82, 2.24) is 4.90 Å². The summed E-state index contributed by atoms with van der Waals surface area (Å²) in [6.45, 7) is 7.38. The summed E-state index contributed by atoms with van der Waals surface area (Å²) in [4.78, 5) is 26.6. The first-order valence-electron chi connectivity index (χ1n) is 7.87. The summed E-state index contributed by atoms with van der Waals surface area (Å²) in [5.41, 5.74) is 0.106. The lowest BCUT2D eigenvalue weighted by molar-refractivity contribution is -0.132. The molecule has 1 amide bonds. The van der Waals surface area contributed by atoms with Crippen molar-refractivity contribution in [3.8, 4) is 5.75 Å². The van der Waals surface area contributed by atoms with Crippen LogP contribution in [0.5, 0.6) is 5.75 Å². The third-order valence-electron chi connectivity index (χ3n) is 4.35. The highest BCUT2D eigenvalue weighted by molar-refractivity contribution is 6.00. The van der Waals surface area contributed by atoms with Gasteiger partial charge in [0, 0.05) is 19.4 Å². The van der Waals surface area contributed by atoms with Gasteiger partial charge in [0.1, 0.15) is 11.4 Å². The van der Waals surface area contributed by atoms with Gasteiger partial charge in [-0.05, 0) is 17.5 Å². The molecule has 0 bridgehead atoms. The Morgan fingerprint density at radius 2 is 2.05 bits per heavy atom. The molecule has 1 unspecified atom stereocenters. The zero-order valence-electron chi connectivity index (χ0n) is 13.5. The molecule has 1 saturated heterocycles. The summed E-state index contributed by atoms with van der Waals surface area (Å²) in [6, 6.07) is 7.38. The van der Waals surface area contributed by atoms with E-state index in [1.165, 1.54) is 0 Å². The molecule has 0 radical (unpaired) electrons. The first-order chi connectivity index (χ1) is 10.3. The highest BCUT2D eigenvalue weighted by Crippen LogP contribution is 2.39. The number of fused-ring (bicyclic) bond motifs is 1. The van der Waals surface area contributed by atoms with Crippen molar-refractivity contribution < 1.29 is 14.3 Å². The number of carbonyl (C=O) groups is 2. The van der Waals surface area contributed by atoms with Crippen LogP contribution in [0.3, 0.4) is 0 Å². The Morgan fingerprint density at radius 1 is 1.32 bits per heavy atom. The minimum Gasteiger partial charge on any atom is -0.484 e. The first-order valence-corrected chi connectivity index (χ1v) is 7.87. The number of para-hydroxylation sites is 1. The van der Waals surface area contributed by atoms with Crippen LogP contribution < -0.4 is 4.74 Å². The van der Waals surface area contributed by atoms with Gasteiger partial charge in [-0.1, -0.05) is 32.9 Å². The minimum absolute atomic E-state index is 0.0251. The Balaban J connectivity index is 1.75. The summed E-state index contributed by atoms with van der Waals surface area (Å²) in [6.07, 6.45) is 1.61. The van der Waals surface area contributed by atoms with E-state index in [4.69, 9.17) is 4.74 Å². The Labute approximate surface area is 131 Å². The van der Waals surface area contributed by atoms with Gasteiger partial charge < -0.3 is 9.64 Å². The van der Waals surface area contributed by atoms with Gasteiger partial charge >= 0.3 is 0 Å². The minimum atomic E-state index is -0.529. The predicted octanol–water partition coefficient (Wildman–Crippen LogP) is 3.06. The fraction of sp³-hybridized carbons (Fsp3) is 0.556. The summed E-state index contributed by atoms with van der Waals surface area (Å²) in [7, 11) is 0. The van der Waals surface area contributed by atoms with Crippen molar-refractivity contribution >= 4 is 11.7 Å². The van der Waals surface area contributed by atoms with Crippen molar-refractivity contribution in [2.45, 2.75) is 45.6 Å². The number of carbonyl (C=O) groups excluding carboxylic acids is 2. The molecule has 2 heterocycles. The van der Waals surface area contributed by atoms with Crippen molar-refractivity contribution in [3.05, 3.63) is 29.8 Å². The molecule has 1 atom stereocenters. The van der Waals surface area contributed by atoms with E-state index in [1.807, 2.05) is 29.2 Å². The number of ketones is 1. The van der Waals surface area contributed by atoms with Crippen LogP contribution >= 0.6 is 0 Å². The van der Waals surface area contributed by atoms with Crippen LogP contribution in [0.25, 0.3) is 0 Å². The van der Waals surface area contributed by atoms with Gasteiger partial charge in [-0.3, -0.25) is 9.59 Å². The number of ether oxygens (including phenoxy) is 1. The second kappa shape index (κ2) is 5.11. The van der Waals surface area contributed by atoms with Gasteiger partial charge in [0.15, 0.2) is 5.78 Å². The quantitative estimate of drug-likeness (QED) is 0.801. The number of nitrogens with zero attached hydrogens (tertiary/aromatic N) is 1. The molecule has 1 aromatic carbocycles. The van der Waals surface area contributed by atoms with Gasteiger partial charge in [0.2, 0.25) is 5.91 Å². The third kappa shape index (κ3) is 2.87. The van der Waals surface area contributed by atoms with E-state index in [0.717, 1.165) is 6.42 Å². The molecule has 2 aliphatic heterocycles. The Morgan fingerprint density at radius 3 is 2.77 bits per heavy atom. The maximum Gasteiger partial charge on any atom is 0.223 e. The number of hydrogen-bond donors (Lipinski definition) is 0. The lowest BCUT2D eigenvalue weighted by atomic mass is 9.89. The highest BCUT2D eigenvalue weighted by Gasteiger charge is 2.47. The van der Waals surface area contributed by atoms with Gasteiger partial charge in [0.05, 0.1) is 18.5 Å². The fourth-order valence-corrected chi connectivity index (χ4v) is 3.29. The number of amides is 1. The van der Waals surface area contributed by atoms with Crippen LogP contribution in [0.4, 0.5) is 0 Å². The normalized spacial score (nSPS) is 24.3. The molecule has 22 heavy (non-hydrogen) atoms. The average Bonchev–Trinajstić information content (AvgIpc) is 2.80. The van der Waals surface area contributed by atoms with E-state index in [2.05, 4.69) is 20.8 Å².